The van der Waals surface area contributed by atoms with Gasteiger partial charge in [0.25, 0.3) is 0 Å². The van der Waals surface area contributed by atoms with Crippen molar-refractivity contribution in [1.82, 2.24) is 30.0 Å². The van der Waals surface area contributed by atoms with Crippen LogP contribution in [0.2, 0.25) is 0 Å². The number of ether oxygens (including phenoxy) is 1. The van der Waals surface area contributed by atoms with Gasteiger partial charge in [-0.15, -0.1) is 10.2 Å². The average molecular weight is 654 g/mol. The van der Waals surface area contributed by atoms with Crippen LogP contribution >= 0.6 is 0 Å². The summed E-state index contributed by atoms with van der Waals surface area (Å²) >= 11 is 0. The number of benzene rings is 1. The first kappa shape index (κ1) is 31.3. The van der Waals surface area contributed by atoms with Gasteiger partial charge >= 0.3 is 5.97 Å². The molecule has 3 aromatic rings. The van der Waals surface area contributed by atoms with Gasteiger partial charge in [-0.2, -0.15) is 0 Å². The van der Waals surface area contributed by atoms with Crippen molar-refractivity contribution < 1.29 is 14.6 Å². The Morgan fingerprint density at radius 2 is 1.52 bits per heavy atom. The summed E-state index contributed by atoms with van der Waals surface area (Å²) in [6.45, 7) is 6.52. The molecule has 5 aliphatic rings. The second-order valence-corrected chi connectivity index (χ2v) is 14.4. The fraction of sp³-hybridized carbons (Fsp3) is 0.583. The summed E-state index contributed by atoms with van der Waals surface area (Å²) in [5.74, 6) is 1.83. The Morgan fingerprint density at radius 3 is 2.19 bits per heavy atom. The van der Waals surface area contributed by atoms with E-state index < -0.39 is 0 Å². The molecule has 0 spiro atoms. The summed E-state index contributed by atoms with van der Waals surface area (Å²) < 4.78 is 5.24. The molecule has 0 radical (unpaired) electrons. The van der Waals surface area contributed by atoms with E-state index >= 15 is 0 Å². The van der Waals surface area contributed by atoms with Crippen molar-refractivity contribution >= 4 is 23.4 Å². The number of likely N-dealkylation sites (tertiary alicyclic amines) is 1. The molecule has 1 aromatic carbocycles. The molecule has 4 saturated heterocycles. The van der Waals surface area contributed by atoms with Crippen LogP contribution in [0.25, 0.3) is 11.3 Å². The number of phenols is 1. The fourth-order valence-electron chi connectivity index (χ4n) is 9.28. The maximum atomic E-state index is 12.2. The number of hydrogen-bond donors (Lipinski definition) is 2. The van der Waals surface area contributed by atoms with E-state index in [1.807, 2.05) is 25.1 Å². The van der Waals surface area contributed by atoms with Crippen molar-refractivity contribution in [2.75, 3.05) is 54.9 Å². The summed E-state index contributed by atoms with van der Waals surface area (Å²) in [6, 6.07) is 11.3. The lowest BCUT2D eigenvalue weighted by atomic mass is 9.82. The molecule has 0 amide bonds. The van der Waals surface area contributed by atoms with E-state index in [2.05, 4.69) is 42.2 Å². The van der Waals surface area contributed by atoms with Gasteiger partial charge in [-0.25, -0.2) is 9.97 Å². The lowest BCUT2D eigenvalue weighted by Gasteiger charge is -2.45. The Kier molecular flexibility index (Phi) is 8.54. The zero-order valence-electron chi connectivity index (χ0n) is 27.8. The summed E-state index contributed by atoms with van der Waals surface area (Å²) in [6.07, 6.45) is 13.4. The van der Waals surface area contributed by atoms with E-state index in [9.17, 15) is 9.90 Å². The highest BCUT2D eigenvalue weighted by atomic mass is 16.5. The molecule has 4 bridgehead atoms. The zero-order chi connectivity index (χ0) is 32.8. The van der Waals surface area contributed by atoms with E-state index in [1.54, 1.807) is 12.1 Å². The quantitative estimate of drug-likeness (QED) is 0.342. The minimum atomic E-state index is -0.0839. The van der Waals surface area contributed by atoms with Crippen molar-refractivity contribution in [3.05, 3.63) is 48.3 Å². The van der Waals surface area contributed by atoms with Crippen LogP contribution in [0.4, 0.5) is 17.5 Å². The summed E-state index contributed by atoms with van der Waals surface area (Å²) in [7, 11) is 0. The molecule has 3 unspecified atom stereocenters. The lowest BCUT2D eigenvalue weighted by Crippen LogP contribution is -2.57. The number of nitrogens with two attached hydrogens (primary N) is 1. The normalized spacial score (nSPS) is 28.9. The maximum Gasteiger partial charge on any atom is 0.320 e. The third-order valence-corrected chi connectivity index (χ3v) is 11.7. The Balaban J connectivity index is 0.873. The summed E-state index contributed by atoms with van der Waals surface area (Å²) in [5, 5.41) is 18.9. The van der Waals surface area contributed by atoms with Gasteiger partial charge in [0.15, 0.2) is 5.82 Å². The SMILES string of the molecule is CCOC(=O)CN1C2CCC1CN(C1CCC(c3cnc(N4C5CC[C@H]4CN(c4cc(-c6ccccc6O)nnc4N)C5)nc3)CC1)C2. The predicted molar refractivity (Wildman–Crippen MR) is 184 cm³/mol. The first-order valence-electron chi connectivity index (χ1n) is 17.9. The smallest absolute Gasteiger partial charge is 0.320 e. The third-order valence-electron chi connectivity index (χ3n) is 11.7. The summed E-state index contributed by atoms with van der Waals surface area (Å²) in [5.41, 5.74) is 9.72. The van der Waals surface area contributed by atoms with E-state index in [0.717, 1.165) is 50.7 Å². The number of nitrogen functional groups attached to an aromatic ring is 1. The van der Waals surface area contributed by atoms with Crippen LogP contribution in [0.3, 0.4) is 0 Å². The number of para-hydroxylation sites is 1. The largest absolute Gasteiger partial charge is 0.507 e. The highest BCUT2D eigenvalue weighted by Gasteiger charge is 2.44. The molecule has 254 valence electrons. The number of nitrogens with zero attached hydrogens (tertiary/aromatic N) is 8. The Labute approximate surface area is 282 Å². The van der Waals surface area contributed by atoms with E-state index in [4.69, 9.17) is 20.4 Å². The van der Waals surface area contributed by atoms with Crippen molar-refractivity contribution in [3.8, 4) is 17.0 Å². The standard InChI is InChI=1S/C36H47N9O3/c1-2-48-34(47)22-44-26-11-12-27(44)19-42(18-26)25-9-7-23(8-10-25)24-16-38-36(39-17-24)45-28-13-14-29(45)21-43(20-28)32-15-31(40-41-35(32)37)30-5-3-4-6-33(30)46/h3-6,15-17,23,25-29,46H,2,7-14,18-22H2,1H3,(H2,37,41)/t23?,25?,26?,27?,28-,29?/m0/s1. The molecule has 1 aliphatic carbocycles. The zero-order valence-corrected chi connectivity index (χ0v) is 27.8. The number of phenolic OH excluding ortho intramolecular Hbond substituents is 1. The number of aromatic nitrogens is 4. The number of esters is 1. The van der Waals surface area contributed by atoms with Crippen LogP contribution in [0.5, 0.6) is 5.75 Å². The van der Waals surface area contributed by atoms with Gasteiger partial charge in [0.05, 0.1) is 24.5 Å². The number of fused-ring (bicyclic) bond motifs is 4. The fourth-order valence-corrected chi connectivity index (χ4v) is 9.28. The van der Waals surface area contributed by atoms with Crippen molar-refractivity contribution in [2.24, 2.45) is 0 Å². The third kappa shape index (κ3) is 5.93. The highest BCUT2D eigenvalue weighted by Crippen LogP contribution is 2.40. The molecule has 48 heavy (non-hydrogen) atoms. The first-order chi connectivity index (χ1) is 23.4. The number of carbonyl (C=O) groups excluding carboxylic acids is 1. The van der Waals surface area contributed by atoms with E-state index in [1.165, 1.54) is 44.1 Å². The Bertz CT molecular complexity index is 1590. The molecule has 6 heterocycles. The maximum absolute atomic E-state index is 12.2. The first-order valence-corrected chi connectivity index (χ1v) is 17.9. The number of carbonyl (C=O) groups is 1. The minimum Gasteiger partial charge on any atom is -0.507 e. The summed E-state index contributed by atoms with van der Waals surface area (Å²) in [4.78, 5) is 31.9. The van der Waals surface area contributed by atoms with Crippen molar-refractivity contribution in [2.45, 2.75) is 94.4 Å². The van der Waals surface area contributed by atoms with Gasteiger partial charge in [0.1, 0.15) is 5.75 Å². The van der Waals surface area contributed by atoms with Crippen LogP contribution in [-0.2, 0) is 9.53 Å². The number of rotatable bonds is 8. The molecule has 2 aromatic heterocycles. The van der Waals surface area contributed by atoms with Crippen LogP contribution < -0.4 is 15.5 Å². The molecule has 4 aliphatic heterocycles. The van der Waals surface area contributed by atoms with Gasteiger partial charge in [-0.3, -0.25) is 14.6 Å². The molecule has 1 saturated carbocycles. The molecular formula is C36H47N9O3. The van der Waals surface area contributed by atoms with Crippen LogP contribution in [0.15, 0.2) is 42.7 Å². The lowest BCUT2D eigenvalue weighted by molar-refractivity contribution is -0.146. The van der Waals surface area contributed by atoms with Crippen LogP contribution in [0.1, 0.15) is 69.8 Å². The molecule has 3 N–H and O–H groups in total. The van der Waals surface area contributed by atoms with Crippen molar-refractivity contribution in [3.63, 3.8) is 0 Å². The molecule has 4 atom stereocenters. The monoisotopic (exact) mass is 653 g/mol. The highest BCUT2D eigenvalue weighted by molar-refractivity contribution is 5.74. The Hall–Kier alpha value is -4.03. The van der Waals surface area contributed by atoms with Crippen LogP contribution in [-0.4, -0.2) is 111 Å². The van der Waals surface area contributed by atoms with Crippen molar-refractivity contribution in [1.29, 1.82) is 0 Å². The molecule has 5 fully saturated rings. The number of aromatic hydroxyl groups is 1. The van der Waals surface area contributed by atoms with Crippen LogP contribution in [0, 0.1) is 0 Å². The Morgan fingerprint density at radius 1 is 0.875 bits per heavy atom. The molecular weight excluding hydrogens is 606 g/mol. The van der Waals surface area contributed by atoms with Gasteiger partial charge in [-0.1, -0.05) is 12.1 Å². The molecule has 12 heteroatoms. The number of hydrogen-bond acceptors (Lipinski definition) is 12. The van der Waals surface area contributed by atoms with Gasteiger partial charge in [0, 0.05) is 74.3 Å². The second-order valence-electron chi connectivity index (χ2n) is 14.4. The van der Waals surface area contributed by atoms with Gasteiger partial charge < -0.3 is 25.4 Å². The topological polar surface area (TPSA) is 137 Å². The van der Waals surface area contributed by atoms with Gasteiger partial charge in [0.2, 0.25) is 5.95 Å². The second kappa shape index (κ2) is 13.1. The van der Waals surface area contributed by atoms with E-state index in [-0.39, 0.29) is 11.7 Å². The predicted octanol–water partition coefficient (Wildman–Crippen LogP) is 3.82. The van der Waals surface area contributed by atoms with E-state index in [0.29, 0.717) is 66.4 Å². The molecule has 8 rings (SSSR count). The average Bonchev–Trinajstić information content (AvgIpc) is 3.49. The van der Waals surface area contributed by atoms with Gasteiger partial charge in [-0.05, 0) is 88.0 Å². The number of anilines is 3. The molecule has 12 nitrogen and oxygen atoms in total. The minimum absolute atomic E-state index is 0.0839. The number of piperazine rings is 2.